The van der Waals surface area contributed by atoms with Crippen LogP contribution in [0.3, 0.4) is 0 Å². The predicted molar refractivity (Wildman–Crippen MR) is 117 cm³/mol. The summed E-state index contributed by atoms with van der Waals surface area (Å²) >= 11 is 0. The van der Waals surface area contributed by atoms with Crippen molar-refractivity contribution in [2.45, 2.75) is 66.2 Å². The van der Waals surface area contributed by atoms with Gasteiger partial charge in [-0.1, -0.05) is 52.8 Å². The second-order valence-electron chi connectivity index (χ2n) is 10.00. The lowest BCUT2D eigenvalue weighted by Crippen LogP contribution is -2.47. The highest BCUT2D eigenvalue weighted by Gasteiger charge is 2.39. The molecule has 1 aliphatic carbocycles. The average molecular weight is 379 g/mol. The molecule has 0 amide bonds. The van der Waals surface area contributed by atoms with Crippen LogP contribution in [-0.4, -0.2) is 37.6 Å². The van der Waals surface area contributed by atoms with E-state index in [0.29, 0.717) is 16.7 Å². The minimum atomic E-state index is 0. The van der Waals surface area contributed by atoms with E-state index >= 15 is 0 Å². The van der Waals surface area contributed by atoms with E-state index in [1.807, 2.05) is 0 Å². The third-order valence-electron chi connectivity index (χ3n) is 6.18. The average Bonchev–Trinajstić information content (AvgIpc) is 2.53. The van der Waals surface area contributed by atoms with Crippen LogP contribution >= 0.6 is 12.4 Å². The van der Waals surface area contributed by atoms with Gasteiger partial charge in [0.25, 0.3) is 0 Å². The number of hydrogen-bond donors (Lipinski definition) is 0. The van der Waals surface area contributed by atoms with Crippen LogP contribution in [-0.2, 0) is 0 Å². The van der Waals surface area contributed by atoms with E-state index in [0.717, 1.165) is 0 Å². The molecule has 0 aromatic heterocycles. The molecular weight excluding hydrogens is 340 g/mol. The van der Waals surface area contributed by atoms with Crippen molar-refractivity contribution in [3.63, 3.8) is 0 Å². The normalized spacial score (nSPS) is 23.5. The molecule has 3 heteroatoms. The molecule has 0 spiro atoms. The summed E-state index contributed by atoms with van der Waals surface area (Å²) in [5.74, 6) is 0.698. The number of rotatable bonds is 4. The van der Waals surface area contributed by atoms with Crippen molar-refractivity contribution in [2.24, 2.45) is 10.8 Å². The summed E-state index contributed by atoms with van der Waals surface area (Å²) in [6.07, 6.45) is 5.25. The standard InChI is InChI=1S/C23H38N2.ClH/c1-6-11-24-12-14-25(15-13-24)21-10-8-7-9-20(21)19-16-22(2,3)18-23(4,5)17-19;/h7-10,19H,6,11-18H2,1-5H3;1H. The van der Waals surface area contributed by atoms with Gasteiger partial charge < -0.3 is 4.90 Å². The van der Waals surface area contributed by atoms with Gasteiger partial charge in [-0.2, -0.15) is 0 Å². The number of para-hydroxylation sites is 1. The van der Waals surface area contributed by atoms with Crippen molar-refractivity contribution in [3.8, 4) is 0 Å². The smallest absolute Gasteiger partial charge is 0.0402 e. The van der Waals surface area contributed by atoms with Crippen LogP contribution in [0.15, 0.2) is 24.3 Å². The largest absolute Gasteiger partial charge is 0.369 e. The van der Waals surface area contributed by atoms with E-state index in [2.05, 4.69) is 68.7 Å². The van der Waals surface area contributed by atoms with Gasteiger partial charge in [0, 0.05) is 31.9 Å². The molecule has 148 valence electrons. The number of nitrogens with zero attached hydrogens (tertiary/aromatic N) is 2. The molecule has 26 heavy (non-hydrogen) atoms. The molecule has 0 atom stereocenters. The van der Waals surface area contributed by atoms with E-state index < -0.39 is 0 Å². The third kappa shape index (κ3) is 5.16. The molecule has 1 aromatic rings. The second kappa shape index (κ2) is 8.52. The number of hydrogen-bond acceptors (Lipinski definition) is 2. The second-order valence-corrected chi connectivity index (χ2v) is 10.00. The van der Waals surface area contributed by atoms with Crippen LogP contribution in [0.25, 0.3) is 0 Å². The third-order valence-corrected chi connectivity index (χ3v) is 6.18. The van der Waals surface area contributed by atoms with Gasteiger partial charge in [-0.15, -0.1) is 12.4 Å². The first-order valence-corrected chi connectivity index (χ1v) is 10.4. The lowest BCUT2D eigenvalue weighted by molar-refractivity contribution is 0.0970. The molecule has 1 saturated carbocycles. The first-order chi connectivity index (χ1) is 11.8. The Balaban J connectivity index is 0.00000243. The Hall–Kier alpha value is -0.730. The van der Waals surface area contributed by atoms with Crippen molar-refractivity contribution in [1.82, 2.24) is 4.90 Å². The fraction of sp³-hybridized carbons (Fsp3) is 0.739. The first-order valence-electron chi connectivity index (χ1n) is 10.4. The maximum absolute atomic E-state index is 2.65. The molecule has 2 aliphatic rings. The number of halogens is 1. The van der Waals surface area contributed by atoms with E-state index in [1.54, 1.807) is 5.56 Å². The van der Waals surface area contributed by atoms with E-state index in [9.17, 15) is 0 Å². The minimum Gasteiger partial charge on any atom is -0.369 e. The summed E-state index contributed by atoms with van der Waals surface area (Å²) in [5, 5.41) is 0. The SMILES string of the molecule is CCCN1CCN(c2ccccc2C2CC(C)(C)CC(C)(C)C2)CC1.Cl. The van der Waals surface area contributed by atoms with Crippen molar-refractivity contribution in [1.29, 1.82) is 0 Å². The Morgan fingerprint density at radius 3 is 2.08 bits per heavy atom. The van der Waals surface area contributed by atoms with Crippen molar-refractivity contribution < 1.29 is 0 Å². The molecular formula is C23H39ClN2. The fourth-order valence-corrected chi connectivity index (χ4v) is 5.72. The minimum absolute atomic E-state index is 0. The van der Waals surface area contributed by atoms with Gasteiger partial charge in [-0.05, 0) is 60.6 Å². The van der Waals surface area contributed by atoms with Crippen LogP contribution in [0.2, 0.25) is 0 Å². The Morgan fingerprint density at radius 1 is 0.923 bits per heavy atom. The van der Waals surface area contributed by atoms with Crippen molar-refractivity contribution in [3.05, 3.63) is 29.8 Å². The monoisotopic (exact) mass is 378 g/mol. The van der Waals surface area contributed by atoms with Gasteiger partial charge in [-0.25, -0.2) is 0 Å². The molecule has 0 bridgehead atoms. The summed E-state index contributed by atoms with van der Waals surface area (Å²) in [5.41, 5.74) is 4.00. The van der Waals surface area contributed by atoms with Gasteiger partial charge in [0.15, 0.2) is 0 Å². The van der Waals surface area contributed by atoms with Gasteiger partial charge >= 0.3 is 0 Å². The van der Waals surface area contributed by atoms with E-state index in [4.69, 9.17) is 0 Å². The Bertz CT molecular complexity index is 557. The summed E-state index contributed by atoms with van der Waals surface area (Å²) in [6.45, 7) is 18.2. The fourth-order valence-electron chi connectivity index (χ4n) is 5.72. The number of piperazine rings is 1. The maximum atomic E-state index is 2.65. The summed E-state index contributed by atoms with van der Waals surface area (Å²) in [4.78, 5) is 5.27. The topological polar surface area (TPSA) is 6.48 Å². The van der Waals surface area contributed by atoms with Crippen LogP contribution < -0.4 is 4.90 Å². The Kier molecular flexibility index (Phi) is 7.07. The molecule has 0 radical (unpaired) electrons. The van der Waals surface area contributed by atoms with Gasteiger partial charge in [-0.3, -0.25) is 4.90 Å². The zero-order valence-corrected chi connectivity index (χ0v) is 18.4. The summed E-state index contributed by atoms with van der Waals surface area (Å²) < 4.78 is 0. The lowest BCUT2D eigenvalue weighted by atomic mass is 9.60. The molecule has 1 saturated heterocycles. The molecule has 2 nitrogen and oxygen atoms in total. The number of benzene rings is 1. The van der Waals surface area contributed by atoms with Crippen LogP contribution in [0.1, 0.15) is 71.8 Å². The summed E-state index contributed by atoms with van der Waals surface area (Å²) in [7, 11) is 0. The van der Waals surface area contributed by atoms with Gasteiger partial charge in [0.2, 0.25) is 0 Å². The van der Waals surface area contributed by atoms with Crippen LogP contribution in [0.5, 0.6) is 0 Å². The highest BCUT2D eigenvalue weighted by atomic mass is 35.5. The lowest BCUT2D eigenvalue weighted by Gasteiger charge is -2.46. The van der Waals surface area contributed by atoms with Crippen molar-refractivity contribution in [2.75, 3.05) is 37.6 Å². The Morgan fingerprint density at radius 2 is 1.50 bits per heavy atom. The first kappa shape index (κ1) is 21.6. The van der Waals surface area contributed by atoms with Crippen LogP contribution in [0.4, 0.5) is 5.69 Å². The molecule has 2 fully saturated rings. The highest BCUT2D eigenvalue weighted by molar-refractivity contribution is 5.85. The quantitative estimate of drug-likeness (QED) is 0.637. The maximum Gasteiger partial charge on any atom is 0.0402 e. The molecule has 1 aromatic carbocycles. The molecule has 1 aliphatic heterocycles. The highest BCUT2D eigenvalue weighted by Crippen LogP contribution is 2.53. The molecule has 0 N–H and O–H groups in total. The zero-order chi connectivity index (χ0) is 18.1. The van der Waals surface area contributed by atoms with Gasteiger partial charge in [0.1, 0.15) is 0 Å². The van der Waals surface area contributed by atoms with Gasteiger partial charge in [0.05, 0.1) is 0 Å². The summed E-state index contributed by atoms with van der Waals surface area (Å²) in [6, 6.07) is 9.27. The molecule has 0 unspecified atom stereocenters. The van der Waals surface area contributed by atoms with E-state index in [1.165, 1.54) is 64.1 Å². The zero-order valence-electron chi connectivity index (χ0n) is 17.6. The van der Waals surface area contributed by atoms with Crippen molar-refractivity contribution >= 4 is 18.1 Å². The predicted octanol–water partition coefficient (Wildman–Crippen LogP) is 5.96. The Labute approximate surface area is 167 Å². The van der Waals surface area contributed by atoms with Crippen LogP contribution in [0, 0.1) is 10.8 Å². The molecule has 1 heterocycles. The van der Waals surface area contributed by atoms with E-state index in [-0.39, 0.29) is 12.4 Å². The molecule has 3 rings (SSSR count). The number of anilines is 1.